The van der Waals surface area contributed by atoms with Gasteiger partial charge >= 0.3 is 0 Å². The summed E-state index contributed by atoms with van der Waals surface area (Å²) in [6, 6.07) is 4.69. The zero-order chi connectivity index (χ0) is 14.3. The van der Waals surface area contributed by atoms with E-state index in [-0.39, 0.29) is 11.4 Å². The fraction of sp³-hybridized carbons (Fsp3) is 0.538. The molecule has 1 atom stereocenters. The molecule has 2 rings (SSSR count). The van der Waals surface area contributed by atoms with Gasteiger partial charge in [0.1, 0.15) is 0 Å². The molecule has 1 heterocycles. The van der Waals surface area contributed by atoms with Crippen molar-refractivity contribution in [3.8, 4) is 0 Å². The van der Waals surface area contributed by atoms with Crippen LogP contribution in [-0.4, -0.2) is 36.5 Å². The van der Waals surface area contributed by atoms with Crippen molar-refractivity contribution in [3.63, 3.8) is 0 Å². The largest absolute Gasteiger partial charge is 0.399 e. The molecular weight excluding hydrogens is 264 g/mol. The van der Waals surface area contributed by atoms with E-state index in [4.69, 9.17) is 5.73 Å². The summed E-state index contributed by atoms with van der Waals surface area (Å²) < 4.78 is 26.4. The molecule has 0 radical (unpaired) electrons. The van der Waals surface area contributed by atoms with Gasteiger partial charge in [0.2, 0.25) is 10.0 Å². The molecule has 106 valence electrons. The third kappa shape index (κ3) is 2.91. The molecule has 0 aromatic heterocycles. The molecule has 0 aliphatic carbocycles. The lowest BCUT2D eigenvalue weighted by molar-refractivity contribution is 0.00940. The molecule has 1 aromatic carbocycles. The van der Waals surface area contributed by atoms with E-state index in [9.17, 15) is 13.5 Å². The lowest BCUT2D eigenvalue weighted by Crippen LogP contribution is -2.48. The molecule has 1 unspecified atom stereocenters. The second-order valence-electron chi connectivity index (χ2n) is 5.46. The predicted molar refractivity (Wildman–Crippen MR) is 74.2 cm³/mol. The first-order valence-electron chi connectivity index (χ1n) is 6.31. The third-order valence-corrected chi connectivity index (χ3v) is 5.36. The molecule has 1 saturated heterocycles. The number of aryl methyl sites for hydroxylation is 1. The number of anilines is 1. The van der Waals surface area contributed by atoms with E-state index in [2.05, 4.69) is 0 Å². The summed E-state index contributed by atoms with van der Waals surface area (Å²) in [7, 11) is -3.55. The Morgan fingerprint density at radius 3 is 2.68 bits per heavy atom. The number of rotatable bonds is 2. The summed E-state index contributed by atoms with van der Waals surface area (Å²) in [5.74, 6) is 0. The molecule has 1 aliphatic heterocycles. The molecule has 3 N–H and O–H groups in total. The van der Waals surface area contributed by atoms with Crippen molar-refractivity contribution < 1.29 is 13.5 Å². The van der Waals surface area contributed by atoms with Crippen molar-refractivity contribution in [2.45, 2.75) is 37.2 Å². The van der Waals surface area contributed by atoms with Gasteiger partial charge in [-0.25, -0.2) is 8.42 Å². The van der Waals surface area contributed by atoms with E-state index in [1.165, 1.54) is 10.4 Å². The number of hydrogen-bond donors (Lipinski definition) is 2. The molecule has 1 aliphatic rings. The third-order valence-electron chi connectivity index (χ3n) is 3.52. The maximum atomic E-state index is 12.5. The minimum absolute atomic E-state index is 0.138. The summed E-state index contributed by atoms with van der Waals surface area (Å²) in [6.07, 6.45) is 1.29. The monoisotopic (exact) mass is 284 g/mol. The van der Waals surface area contributed by atoms with Gasteiger partial charge in [-0.1, -0.05) is 0 Å². The highest BCUT2D eigenvalue weighted by molar-refractivity contribution is 7.89. The van der Waals surface area contributed by atoms with E-state index in [1.54, 1.807) is 26.0 Å². The average molecular weight is 284 g/mol. The molecule has 0 amide bonds. The van der Waals surface area contributed by atoms with E-state index in [0.29, 0.717) is 25.1 Å². The lowest BCUT2D eigenvalue weighted by atomic mass is 9.97. The summed E-state index contributed by atoms with van der Waals surface area (Å²) in [5.41, 5.74) is 6.07. The van der Waals surface area contributed by atoms with Gasteiger partial charge in [0.25, 0.3) is 0 Å². The first kappa shape index (κ1) is 14.3. The van der Waals surface area contributed by atoms with Gasteiger partial charge < -0.3 is 10.8 Å². The van der Waals surface area contributed by atoms with Crippen LogP contribution in [0.25, 0.3) is 0 Å². The van der Waals surface area contributed by atoms with Crippen LogP contribution in [0.3, 0.4) is 0 Å². The van der Waals surface area contributed by atoms with Gasteiger partial charge in [0.15, 0.2) is 0 Å². The Labute approximate surface area is 114 Å². The van der Waals surface area contributed by atoms with Crippen molar-refractivity contribution in [1.29, 1.82) is 0 Å². The standard InChI is InChI=1S/C13H20N2O3S/c1-10-8-11(4-5-12(10)14)19(17,18)15-7-3-6-13(2,16)9-15/h4-5,8,16H,3,6-7,9,14H2,1-2H3. The van der Waals surface area contributed by atoms with E-state index in [1.807, 2.05) is 0 Å². The van der Waals surface area contributed by atoms with Gasteiger partial charge in [-0.15, -0.1) is 0 Å². The number of hydrogen-bond acceptors (Lipinski definition) is 4. The van der Waals surface area contributed by atoms with Crippen LogP contribution in [0.4, 0.5) is 5.69 Å². The van der Waals surface area contributed by atoms with Crippen molar-refractivity contribution in [2.24, 2.45) is 0 Å². The molecule has 6 heteroatoms. The van der Waals surface area contributed by atoms with Gasteiger partial charge in [0, 0.05) is 18.8 Å². The Morgan fingerprint density at radius 1 is 1.42 bits per heavy atom. The number of β-amino-alcohol motifs (C(OH)–C–C–N with tert-alkyl or cyclic N) is 1. The summed E-state index contributed by atoms with van der Waals surface area (Å²) >= 11 is 0. The van der Waals surface area contributed by atoms with E-state index in [0.717, 1.165) is 5.56 Å². The Kier molecular flexibility index (Phi) is 3.59. The fourth-order valence-electron chi connectivity index (χ4n) is 2.34. The van der Waals surface area contributed by atoms with Crippen LogP contribution < -0.4 is 5.73 Å². The van der Waals surface area contributed by atoms with E-state index < -0.39 is 15.6 Å². The second-order valence-corrected chi connectivity index (χ2v) is 7.40. The van der Waals surface area contributed by atoms with E-state index >= 15 is 0 Å². The van der Waals surface area contributed by atoms with Gasteiger partial charge in [-0.2, -0.15) is 4.31 Å². The first-order chi connectivity index (χ1) is 8.72. The van der Waals surface area contributed by atoms with Gasteiger partial charge in [0.05, 0.1) is 10.5 Å². The number of benzene rings is 1. The predicted octanol–water partition coefficient (Wildman–Crippen LogP) is 1.11. The molecule has 0 saturated carbocycles. The number of piperidine rings is 1. The number of nitrogen functional groups attached to an aromatic ring is 1. The minimum Gasteiger partial charge on any atom is -0.399 e. The first-order valence-corrected chi connectivity index (χ1v) is 7.75. The zero-order valence-electron chi connectivity index (χ0n) is 11.3. The topological polar surface area (TPSA) is 83.6 Å². The van der Waals surface area contributed by atoms with Crippen LogP contribution in [0.5, 0.6) is 0 Å². The number of sulfonamides is 1. The van der Waals surface area contributed by atoms with Crippen molar-refractivity contribution in [2.75, 3.05) is 18.8 Å². The highest BCUT2D eigenvalue weighted by Gasteiger charge is 2.35. The Bertz CT molecular complexity index is 582. The fourth-order valence-corrected chi connectivity index (χ4v) is 4.02. The summed E-state index contributed by atoms with van der Waals surface area (Å²) in [5, 5.41) is 10.0. The molecule has 0 bridgehead atoms. The second kappa shape index (κ2) is 4.77. The van der Waals surface area contributed by atoms with Crippen LogP contribution in [0.2, 0.25) is 0 Å². The van der Waals surface area contributed by atoms with Gasteiger partial charge in [-0.05, 0) is 50.5 Å². The maximum Gasteiger partial charge on any atom is 0.243 e. The quantitative estimate of drug-likeness (QED) is 0.797. The molecule has 5 nitrogen and oxygen atoms in total. The highest BCUT2D eigenvalue weighted by atomic mass is 32.2. The molecular formula is C13H20N2O3S. The SMILES string of the molecule is Cc1cc(S(=O)(=O)N2CCCC(C)(O)C2)ccc1N. The number of aliphatic hydroxyl groups is 1. The maximum absolute atomic E-state index is 12.5. The van der Waals surface area contributed by atoms with Crippen molar-refractivity contribution in [3.05, 3.63) is 23.8 Å². The number of nitrogens with zero attached hydrogens (tertiary/aromatic N) is 1. The minimum atomic E-state index is -3.55. The average Bonchev–Trinajstić information content (AvgIpc) is 2.31. The highest BCUT2D eigenvalue weighted by Crippen LogP contribution is 2.27. The van der Waals surface area contributed by atoms with Gasteiger partial charge in [-0.3, -0.25) is 0 Å². The van der Waals surface area contributed by atoms with Crippen molar-refractivity contribution in [1.82, 2.24) is 4.31 Å². The van der Waals surface area contributed by atoms with Crippen LogP contribution in [0.15, 0.2) is 23.1 Å². The molecule has 1 aromatic rings. The summed E-state index contributed by atoms with van der Waals surface area (Å²) in [6.45, 7) is 4.03. The summed E-state index contributed by atoms with van der Waals surface area (Å²) in [4.78, 5) is 0.233. The smallest absolute Gasteiger partial charge is 0.243 e. The van der Waals surface area contributed by atoms with Crippen LogP contribution >= 0.6 is 0 Å². The normalized spacial score (nSPS) is 25.4. The van der Waals surface area contributed by atoms with Crippen LogP contribution in [0.1, 0.15) is 25.3 Å². The lowest BCUT2D eigenvalue weighted by Gasteiger charge is -2.36. The molecule has 1 fully saturated rings. The molecule has 19 heavy (non-hydrogen) atoms. The number of nitrogens with two attached hydrogens (primary N) is 1. The Hall–Kier alpha value is -1.11. The van der Waals surface area contributed by atoms with Crippen molar-refractivity contribution >= 4 is 15.7 Å². The Morgan fingerprint density at radius 2 is 2.11 bits per heavy atom. The Balaban J connectivity index is 2.34. The zero-order valence-corrected chi connectivity index (χ0v) is 12.1. The molecule has 0 spiro atoms. The van der Waals surface area contributed by atoms with Crippen LogP contribution in [-0.2, 0) is 10.0 Å². The van der Waals surface area contributed by atoms with Crippen LogP contribution in [0, 0.1) is 6.92 Å².